The normalized spacial score (nSPS) is 10.5. The highest BCUT2D eigenvalue weighted by Gasteiger charge is 2.15. The average molecular weight is 377 g/mol. The SMILES string of the molecule is CCCN(CCC)CCCCC(=O)c1cc(Cl)c(N)cc1OC.Cl. The first kappa shape index (κ1) is 23.0. The van der Waals surface area contributed by atoms with Gasteiger partial charge in [-0.05, 0) is 51.4 Å². The van der Waals surface area contributed by atoms with E-state index < -0.39 is 0 Å². The van der Waals surface area contributed by atoms with E-state index in [1.54, 1.807) is 12.1 Å². The van der Waals surface area contributed by atoms with Crippen molar-refractivity contribution in [2.45, 2.75) is 46.0 Å². The lowest BCUT2D eigenvalue weighted by Crippen LogP contribution is -2.26. The summed E-state index contributed by atoms with van der Waals surface area (Å²) >= 11 is 6.02. The van der Waals surface area contributed by atoms with Crippen molar-refractivity contribution < 1.29 is 9.53 Å². The number of hydrogen-bond acceptors (Lipinski definition) is 4. The molecule has 6 heteroatoms. The Balaban J connectivity index is 0.00000529. The molecule has 0 radical (unpaired) electrons. The van der Waals surface area contributed by atoms with Crippen LogP contribution in [0.1, 0.15) is 56.3 Å². The number of nitrogens with zero attached hydrogens (tertiary/aromatic N) is 1. The average Bonchev–Trinajstić information content (AvgIpc) is 2.53. The summed E-state index contributed by atoms with van der Waals surface area (Å²) in [6, 6.07) is 3.22. The van der Waals surface area contributed by atoms with Crippen molar-refractivity contribution in [2.75, 3.05) is 32.5 Å². The van der Waals surface area contributed by atoms with Gasteiger partial charge in [0.05, 0.1) is 23.4 Å². The number of carbonyl (C=O) groups is 1. The molecule has 138 valence electrons. The molecule has 24 heavy (non-hydrogen) atoms. The molecule has 0 aliphatic heterocycles. The fraction of sp³-hybridized carbons (Fsp3) is 0.611. The maximum Gasteiger partial charge on any atom is 0.166 e. The molecule has 4 nitrogen and oxygen atoms in total. The molecular weight excluding hydrogens is 347 g/mol. The van der Waals surface area contributed by atoms with Gasteiger partial charge in [0.15, 0.2) is 5.78 Å². The number of anilines is 1. The summed E-state index contributed by atoms with van der Waals surface area (Å²) in [7, 11) is 1.53. The molecule has 0 amide bonds. The topological polar surface area (TPSA) is 55.6 Å². The van der Waals surface area contributed by atoms with Crippen LogP contribution in [0.15, 0.2) is 12.1 Å². The molecule has 0 unspecified atom stereocenters. The van der Waals surface area contributed by atoms with Crippen LogP contribution in [0.3, 0.4) is 0 Å². The zero-order chi connectivity index (χ0) is 17.2. The Labute approximate surface area is 157 Å². The van der Waals surface area contributed by atoms with E-state index in [2.05, 4.69) is 18.7 Å². The van der Waals surface area contributed by atoms with Crippen molar-refractivity contribution in [1.29, 1.82) is 0 Å². The first-order valence-corrected chi connectivity index (χ1v) is 8.79. The molecule has 2 N–H and O–H groups in total. The molecule has 0 aliphatic rings. The number of ether oxygens (including phenoxy) is 1. The summed E-state index contributed by atoms with van der Waals surface area (Å²) in [5.74, 6) is 0.553. The number of halogens is 2. The summed E-state index contributed by atoms with van der Waals surface area (Å²) in [6.07, 6.45) is 4.73. The fourth-order valence-corrected chi connectivity index (χ4v) is 2.84. The second-order valence-corrected chi connectivity index (χ2v) is 6.20. The molecule has 0 heterocycles. The van der Waals surface area contributed by atoms with E-state index in [0.717, 1.165) is 32.5 Å². The Kier molecular flexibility index (Phi) is 11.9. The summed E-state index contributed by atoms with van der Waals surface area (Å²) in [4.78, 5) is 14.9. The predicted octanol–water partition coefficient (Wildman–Crippen LogP) is 4.83. The monoisotopic (exact) mass is 376 g/mol. The zero-order valence-corrected chi connectivity index (χ0v) is 16.5. The second-order valence-electron chi connectivity index (χ2n) is 5.80. The van der Waals surface area contributed by atoms with E-state index in [-0.39, 0.29) is 18.2 Å². The predicted molar refractivity (Wildman–Crippen MR) is 105 cm³/mol. The minimum Gasteiger partial charge on any atom is -0.496 e. The van der Waals surface area contributed by atoms with Crippen LogP contribution in [0.2, 0.25) is 5.02 Å². The van der Waals surface area contributed by atoms with Gasteiger partial charge in [-0.3, -0.25) is 4.79 Å². The van der Waals surface area contributed by atoms with Gasteiger partial charge in [0.25, 0.3) is 0 Å². The van der Waals surface area contributed by atoms with Crippen LogP contribution in [0.5, 0.6) is 5.75 Å². The van der Waals surface area contributed by atoms with Gasteiger partial charge in [-0.1, -0.05) is 25.4 Å². The van der Waals surface area contributed by atoms with Gasteiger partial charge in [-0.2, -0.15) is 0 Å². The molecular formula is C18H30Cl2N2O2. The van der Waals surface area contributed by atoms with Crippen LogP contribution in [0.25, 0.3) is 0 Å². The number of hydrogen-bond donors (Lipinski definition) is 1. The molecule has 0 saturated heterocycles. The Hall–Kier alpha value is -0.970. The number of nitrogens with two attached hydrogens (primary N) is 1. The summed E-state index contributed by atoms with van der Waals surface area (Å²) in [5, 5.41) is 0.395. The maximum atomic E-state index is 12.4. The first-order valence-electron chi connectivity index (χ1n) is 8.42. The Morgan fingerprint density at radius 1 is 1.17 bits per heavy atom. The number of unbranched alkanes of at least 4 members (excludes halogenated alkanes) is 1. The Morgan fingerprint density at radius 3 is 2.33 bits per heavy atom. The third-order valence-corrected chi connectivity index (χ3v) is 4.15. The molecule has 0 spiro atoms. The summed E-state index contributed by atoms with van der Waals surface area (Å²) in [6.45, 7) is 7.70. The van der Waals surface area contributed by atoms with Gasteiger partial charge in [0, 0.05) is 12.5 Å². The quantitative estimate of drug-likeness (QED) is 0.341. The van der Waals surface area contributed by atoms with Crippen molar-refractivity contribution in [2.24, 2.45) is 0 Å². The number of nitrogen functional groups attached to an aromatic ring is 1. The molecule has 0 aliphatic carbocycles. The van der Waals surface area contributed by atoms with Crippen LogP contribution in [-0.2, 0) is 0 Å². The lowest BCUT2D eigenvalue weighted by atomic mass is 10.0. The van der Waals surface area contributed by atoms with Gasteiger partial charge in [0.2, 0.25) is 0 Å². The van der Waals surface area contributed by atoms with E-state index >= 15 is 0 Å². The number of methoxy groups -OCH3 is 1. The summed E-state index contributed by atoms with van der Waals surface area (Å²) in [5.41, 5.74) is 6.69. The van der Waals surface area contributed by atoms with Crippen LogP contribution in [-0.4, -0.2) is 37.4 Å². The van der Waals surface area contributed by atoms with Crippen LogP contribution in [0.4, 0.5) is 5.69 Å². The Morgan fingerprint density at radius 2 is 1.79 bits per heavy atom. The van der Waals surface area contributed by atoms with Crippen LogP contribution >= 0.6 is 24.0 Å². The Bertz CT molecular complexity index is 504. The van der Waals surface area contributed by atoms with Gasteiger partial charge >= 0.3 is 0 Å². The number of rotatable bonds is 11. The second kappa shape index (κ2) is 12.4. The molecule has 0 aromatic heterocycles. The number of ketones is 1. The maximum absolute atomic E-state index is 12.4. The minimum absolute atomic E-state index is 0. The first-order chi connectivity index (χ1) is 11.0. The third-order valence-electron chi connectivity index (χ3n) is 3.83. The molecule has 0 atom stereocenters. The van der Waals surface area contributed by atoms with E-state index in [0.29, 0.717) is 28.4 Å². The smallest absolute Gasteiger partial charge is 0.166 e. The molecule has 1 aromatic carbocycles. The van der Waals surface area contributed by atoms with Crippen molar-refractivity contribution in [1.82, 2.24) is 4.90 Å². The van der Waals surface area contributed by atoms with E-state index in [1.165, 1.54) is 20.0 Å². The number of benzene rings is 1. The lowest BCUT2D eigenvalue weighted by Gasteiger charge is -2.20. The molecule has 0 saturated carbocycles. The molecule has 1 rings (SSSR count). The van der Waals surface area contributed by atoms with Gasteiger partial charge in [-0.15, -0.1) is 12.4 Å². The lowest BCUT2D eigenvalue weighted by molar-refractivity contribution is 0.0975. The fourth-order valence-electron chi connectivity index (χ4n) is 2.68. The van der Waals surface area contributed by atoms with Crippen LogP contribution in [0, 0.1) is 0 Å². The minimum atomic E-state index is 0. The third kappa shape index (κ3) is 7.29. The van der Waals surface area contributed by atoms with Crippen LogP contribution < -0.4 is 10.5 Å². The summed E-state index contributed by atoms with van der Waals surface area (Å²) < 4.78 is 5.24. The highest BCUT2D eigenvalue weighted by molar-refractivity contribution is 6.33. The van der Waals surface area contributed by atoms with Crippen molar-refractivity contribution >= 4 is 35.5 Å². The van der Waals surface area contributed by atoms with Gasteiger partial charge in [-0.25, -0.2) is 0 Å². The van der Waals surface area contributed by atoms with Crippen molar-refractivity contribution in [3.63, 3.8) is 0 Å². The largest absolute Gasteiger partial charge is 0.496 e. The standard InChI is InChI=1S/C18H29ClN2O2.ClH/c1-4-9-21(10-5-2)11-7-6-8-17(22)14-12-15(19)16(20)13-18(14)23-3;/h12-13H,4-11,20H2,1-3H3;1H. The van der Waals surface area contributed by atoms with E-state index in [1.807, 2.05) is 0 Å². The van der Waals surface area contributed by atoms with Gasteiger partial charge in [0.1, 0.15) is 5.75 Å². The zero-order valence-electron chi connectivity index (χ0n) is 14.9. The van der Waals surface area contributed by atoms with Gasteiger partial charge < -0.3 is 15.4 Å². The highest BCUT2D eigenvalue weighted by Crippen LogP contribution is 2.30. The molecule has 0 bridgehead atoms. The van der Waals surface area contributed by atoms with Crippen molar-refractivity contribution in [3.8, 4) is 5.75 Å². The number of Topliss-reactive ketones (excluding diaryl/α,β-unsaturated/α-hetero) is 1. The molecule has 1 aromatic rings. The number of carbonyl (C=O) groups excluding carboxylic acids is 1. The van der Waals surface area contributed by atoms with Crippen molar-refractivity contribution in [3.05, 3.63) is 22.7 Å². The molecule has 0 fully saturated rings. The van der Waals surface area contributed by atoms with E-state index in [4.69, 9.17) is 22.1 Å². The highest BCUT2D eigenvalue weighted by atomic mass is 35.5. The van der Waals surface area contributed by atoms with E-state index in [9.17, 15) is 4.79 Å².